The molecule has 9 nitrogen and oxygen atoms in total. The van der Waals surface area contributed by atoms with Crippen molar-refractivity contribution in [2.24, 2.45) is 0 Å². The molecule has 0 bridgehead atoms. The van der Waals surface area contributed by atoms with Crippen molar-refractivity contribution >= 4 is 29.3 Å². The van der Waals surface area contributed by atoms with Gasteiger partial charge < -0.3 is 28.9 Å². The number of carbonyl (C=O) groups is 3. The van der Waals surface area contributed by atoms with Crippen molar-refractivity contribution in [3.05, 3.63) is 22.7 Å². The molecule has 2 aliphatic rings. The molecule has 1 aromatic rings. The smallest absolute Gasteiger partial charge is 0.312 e. The van der Waals surface area contributed by atoms with Crippen molar-refractivity contribution in [3.8, 4) is 11.5 Å². The van der Waals surface area contributed by atoms with Gasteiger partial charge in [-0.1, -0.05) is 24.9 Å². The first-order valence-corrected chi connectivity index (χ1v) is 11.9. The second-order valence-corrected chi connectivity index (χ2v) is 8.32. The second-order valence-electron chi connectivity index (χ2n) is 7.91. The summed E-state index contributed by atoms with van der Waals surface area (Å²) in [6, 6.07) is 3.24. The van der Waals surface area contributed by atoms with Gasteiger partial charge in [-0.25, -0.2) is 0 Å². The van der Waals surface area contributed by atoms with E-state index >= 15 is 0 Å². The van der Waals surface area contributed by atoms with Gasteiger partial charge in [0.15, 0.2) is 11.5 Å². The Hall–Kier alpha value is -2.52. The van der Waals surface area contributed by atoms with Gasteiger partial charge in [0.05, 0.1) is 31.5 Å². The van der Waals surface area contributed by atoms with Crippen molar-refractivity contribution < 1.29 is 28.6 Å². The zero-order valence-corrected chi connectivity index (χ0v) is 20.1. The van der Waals surface area contributed by atoms with Crippen molar-refractivity contribution in [2.45, 2.75) is 26.7 Å². The summed E-state index contributed by atoms with van der Waals surface area (Å²) in [6.07, 6.45) is 1.88. The van der Waals surface area contributed by atoms with Crippen LogP contribution < -0.4 is 9.47 Å². The number of rotatable bonds is 7. The molecule has 0 N–H and O–H groups in total. The fourth-order valence-corrected chi connectivity index (χ4v) is 4.01. The standard InChI is InChI=1S/C23H32ClN3O6/c1-3-5-12-33-20-18(24)15-17(16-19(20)32-4-2)21(28)25-6-8-26(9-7-25)22(29)23(30)27-10-13-31-14-11-27/h15-16H,3-14H2,1-2H3. The summed E-state index contributed by atoms with van der Waals surface area (Å²) in [5.74, 6) is -0.358. The number of unbranched alkanes of at least 4 members (excludes halogenated alkanes) is 1. The Morgan fingerprint density at radius 1 is 0.909 bits per heavy atom. The number of carbonyl (C=O) groups excluding carboxylic acids is 3. The van der Waals surface area contributed by atoms with Crippen LogP contribution in [-0.4, -0.2) is 98.1 Å². The van der Waals surface area contributed by atoms with E-state index in [1.54, 1.807) is 17.0 Å². The van der Waals surface area contributed by atoms with E-state index in [1.165, 1.54) is 9.80 Å². The lowest BCUT2D eigenvalue weighted by Gasteiger charge is -2.36. The molecule has 2 heterocycles. The average molecular weight is 482 g/mol. The highest BCUT2D eigenvalue weighted by Gasteiger charge is 2.32. The van der Waals surface area contributed by atoms with Crippen LogP contribution in [0.25, 0.3) is 0 Å². The van der Waals surface area contributed by atoms with Crippen molar-refractivity contribution in [1.82, 2.24) is 14.7 Å². The fraction of sp³-hybridized carbons (Fsp3) is 0.609. The normalized spacial score (nSPS) is 16.5. The predicted molar refractivity (Wildman–Crippen MR) is 123 cm³/mol. The molecule has 2 aliphatic heterocycles. The Labute approximate surface area is 199 Å². The zero-order valence-electron chi connectivity index (χ0n) is 19.3. The summed E-state index contributed by atoms with van der Waals surface area (Å²) in [4.78, 5) is 42.8. The molecule has 33 heavy (non-hydrogen) atoms. The summed E-state index contributed by atoms with van der Waals surface area (Å²) >= 11 is 6.43. The largest absolute Gasteiger partial charge is 0.490 e. The maximum absolute atomic E-state index is 13.1. The quantitative estimate of drug-likeness (QED) is 0.437. The summed E-state index contributed by atoms with van der Waals surface area (Å²) in [7, 11) is 0. The van der Waals surface area contributed by atoms with Gasteiger partial charge in [0.2, 0.25) is 0 Å². The van der Waals surface area contributed by atoms with E-state index in [-0.39, 0.29) is 5.91 Å². The third kappa shape index (κ3) is 6.29. The van der Waals surface area contributed by atoms with Crippen LogP contribution in [0.5, 0.6) is 11.5 Å². The molecular formula is C23H32ClN3O6. The number of benzene rings is 1. The lowest BCUT2D eigenvalue weighted by atomic mass is 10.1. The van der Waals surface area contributed by atoms with E-state index in [2.05, 4.69) is 6.92 Å². The number of hydrogen-bond donors (Lipinski definition) is 0. The summed E-state index contributed by atoms with van der Waals surface area (Å²) in [5, 5.41) is 0.324. The summed E-state index contributed by atoms with van der Waals surface area (Å²) in [5.41, 5.74) is 0.399. The molecule has 0 spiro atoms. The zero-order chi connectivity index (χ0) is 23.8. The molecule has 0 radical (unpaired) electrons. The molecular weight excluding hydrogens is 450 g/mol. The molecule has 0 unspecified atom stereocenters. The first-order valence-electron chi connectivity index (χ1n) is 11.5. The molecule has 2 fully saturated rings. The molecule has 3 rings (SSSR count). The lowest BCUT2D eigenvalue weighted by Crippen LogP contribution is -2.55. The number of ether oxygens (including phenoxy) is 3. The van der Waals surface area contributed by atoms with Gasteiger partial charge in [-0.3, -0.25) is 14.4 Å². The third-order valence-electron chi connectivity index (χ3n) is 5.64. The minimum atomic E-state index is -0.528. The van der Waals surface area contributed by atoms with Gasteiger partial charge in [0.1, 0.15) is 0 Å². The molecule has 1 aromatic carbocycles. The molecule has 182 valence electrons. The minimum Gasteiger partial charge on any atom is -0.490 e. The molecule has 0 saturated carbocycles. The molecule has 10 heteroatoms. The van der Waals surface area contributed by atoms with E-state index in [9.17, 15) is 14.4 Å². The number of hydrogen-bond acceptors (Lipinski definition) is 6. The van der Waals surface area contributed by atoms with E-state index < -0.39 is 11.8 Å². The Morgan fingerprint density at radius 2 is 1.52 bits per heavy atom. The van der Waals surface area contributed by atoms with Gasteiger partial charge in [0.25, 0.3) is 5.91 Å². The SMILES string of the molecule is CCCCOc1c(Cl)cc(C(=O)N2CCN(C(=O)C(=O)N3CCOCC3)CC2)cc1OCC. The maximum atomic E-state index is 13.1. The third-order valence-corrected chi connectivity index (χ3v) is 5.92. The minimum absolute atomic E-state index is 0.204. The van der Waals surface area contributed by atoms with Gasteiger partial charge in [-0.2, -0.15) is 0 Å². The lowest BCUT2D eigenvalue weighted by molar-refractivity contribution is -0.154. The highest BCUT2D eigenvalue weighted by atomic mass is 35.5. The molecule has 0 atom stereocenters. The van der Waals surface area contributed by atoms with Crippen LogP contribution in [0.4, 0.5) is 0 Å². The highest BCUT2D eigenvalue weighted by Crippen LogP contribution is 2.37. The van der Waals surface area contributed by atoms with Crippen LogP contribution in [0, 0.1) is 0 Å². The topological polar surface area (TPSA) is 88.6 Å². The van der Waals surface area contributed by atoms with Crippen LogP contribution in [0.1, 0.15) is 37.0 Å². The number of morpholine rings is 1. The Kier molecular flexibility index (Phi) is 9.20. The average Bonchev–Trinajstić information content (AvgIpc) is 2.85. The molecule has 0 aliphatic carbocycles. The highest BCUT2D eigenvalue weighted by molar-refractivity contribution is 6.35. The van der Waals surface area contributed by atoms with E-state index in [4.69, 9.17) is 25.8 Å². The van der Waals surface area contributed by atoms with Crippen molar-refractivity contribution in [2.75, 3.05) is 65.7 Å². The van der Waals surface area contributed by atoms with Gasteiger partial charge in [-0.15, -0.1) is 0 Å². The Balaban J connectivity index is 1.62. The summed E-state index contributed by atoms with van der Waals surface area (Å²) in [6.45, 7) is 7.83. The first kappa shape index (κ1) is 25.1. The van der Waals surface area contributed by atoms with Crippen molar-refractivity contribution in [3.63, 3.8) is 0 Å². The van der Waals surface area contributed by atoms with Crippen LogP contribution in [0.2, 0.25) is 5.02 Å². The van der Waals surface area contributed by atoms with E-state index in [0.29, 0.717) is 87.8 Å². The second kappa shape index (κ2) is 12.1. The van der Waals surface area contributed by atoms with Gasteiger partial charge in [0, 0.05) is 44.8 Å². The van der Waals surface area contributed by atoms with E-state index in [0.717, 1.165) is 12.8 Å². The fourth-order valence-electron chi connectivity index (χ4n) is 3.75. The molecule has 0 aromatic heterocycles. The summed E-state index contributed by atoms with van der Waals surface area (Å²) < 4.78 is 16.7. The van der Waals surface area contributed by atoms with Crippen LogP contribution in [0.3, 0.4) is 0 Å². The number of piperazine rings is 1. The van der Waals surface area contributed by atoms with Gasteiger partial charge in [-0.05, 0) is 25.5 Å². The number of nitrogens with zero attached hydrogens (tertiary/aromatic N) is 3. The Morgan fingerprint density at radius 3 is 2.12 bits per heavy atom. The number of halogens is 1. The maximum Gasteiger partial charge on any atom is 0.312 e. The van der Waals surface area contributed by atoms with E-state index in [1.807, 2.05) is 6.92 Å². The molecule has 2 saturated heterocycles. The Bertz CT molecular complexity index is 851. The predicted octanol–water partition coefficient (Wildman–Crippen LogP) is 2.06. The number of amides is 3. The van der Waals surface area contributed by atoms with Crippen LogP contribution >= 0.6 is 11.6 Å². The molecule has 3 amide bonds. The van der Waals surface area contributed by atoms with Crippen LogP contribution in [0.15, 0.2) is 12.1 Å². The van der Waals surface area contributed by atoms with Crippen molar-refractivity contribution in [1.29, 1.82) is 0 Å². The first-order chi connectivity index (χ1) is 16.0. The monoisotopic (exact) mass is 481 g/mol. The van der Waals surface area contributed by atoms with Crippen LogP contribution in [-0.2, 0) is 14.3 Å². The van der Waals surface area contributed by atoms with Gasteiger partial charge >= 0.3 is 11.8 Å².